The molecule has 2 amide bonds. The van der Waals surface area contributed by atoms with Crippen molar-refractivity contribution in [3.05, 3.63) is 50.8 Å². The van der Waals surface area contributed by atoms with Gasteiger partial charge >= 0.3 is 5.97 Å². The molecule has 0 unspecified atom stereocenters. The molecule has 0 aliphatic carbocycles. The average Bonchev–Trinajstić information content (AvgIpc) is 2.96. The van der Waals surface area contributed by atoms with Crippen LogP contribution in [-0.4, -0.2) is 39.8 Å². The molecular weight excluding hydrogens is 382 g/mol. The van der Waals surface area contributed by atoms with Crippen molar-refractivity contribution in [2.45, 2.75) is 26.8 Å². The van der Waals surface area contributed by atoms with Crippen LogP contribution in [0.5, 0.6) is 0 Å². The molecular formula is C18H21N5O4S. The maximum absolute atomic E-state index is 12.5. The third kappa shape index (κ3) is 4.92. The smallest absolute Gasteiger partial charge is 0.305 e. The Balaban J connectivity index is 2.31. The van der Waals surface area contributed by atoms with Crippen LogP contribution in [0.4, 0.5) is 0 Å². The van der Waals surface area contributed by atoms with Crippen molar-refractivity contribution >= 4 is 35.0 Å². The molecule has 1 aromatic carbocycles. The van der Waals surface area contributed by atoms with Crippen LogP contribution in [0.2, 0.25) is 0 Å². The first-order valence-electron chi connectivity index (χ1n) is 8.48. The van der Waals surface area contributed by atoms with E-state index in [0.29, 0.717) is 33.0 Å². The number of amidine groups is 1. The molecule has 0 aliphatic rings. The fraction of sp³-hybridized carbons (Fsp3) is 0.278. The molecule has 1 heterocycles. The first-order chi connectivity index (χ1) is 13.2. The highest BCUT2D eigenvalue weighted by Gasteiger charge is 2.17. The summed E-state index contributed by atoms with van der Waals surface area (Å²) in [6.45, 7) is 4.15. The third-order valence-corrected chi connectivity index (χ3v) is 5.12. The first kappa shape index (κ1) is 21.0. The molecule has 0 aliphatic heterocycles. The fourth-order valence-corrected chi connectivity index (χ4v) is 3.57. The highest BCUT2D eigenvalue weighted by Crippen LogP contribution is 2.13. The zero-order chi connectivity index (χ0) is 20.8. The van der Waals surface area contributed by atoms with Gasteiger partial charge in [0.2, 0.25) is 0 Å². The molecule has 148 valence electrons. The van der Waals surface area contributed by atoms with Crippen molar-refractivity contribution in [1.82, 2.24) is 9.88 Å². The van der Waals surface area contributed by atoms with Crippen molar-refractivity contribution in [3.63, 3.8) is 0 Å². The van der Waals surface area contributed by atoms with Gasteiger partial charge in [-0.2, -0.15) is 4.99 Å². The van der Waals surface area contributed by atoms with Crippen LogP contribution < -0.4 is 15.9 Å². The molecule has 0 saturated heterocycles. The number of nitrogen functional groups attached to an aromatic ring is 1. The second kappa shape index (κ2) is 9.09. The average molecular weight is 403 g/mol. The molecule has 2 aromatic rings. The lowest BCUT2D eigenvalue weighted by Gasteiger charge is -2.04. The SMILES string of the molecule is CCn1c(C)c(C(=O)NCCC(=O)O)sc1=NC(=O)c1ccc(C(=N)N)cc1. The van der Waals surface area contributed by atoms with Crippen molar-refractivity contribution in [2.24, 2.45) is 10.7 Å². The van der Waals surface area contributed by atoms with Crippen molar-refractivity contribution in [3.8, 4) is 0 Å². The molecule has 1 aromatic heterocycles. The highest BCUT2D eigenvalue weighted by molar-refractivity contribution is 7.11. The predicted molar refractivity (Wildman–Crippen MR) is 105 cm³/mol. The number of aromatic nitrogens is 1. The Bertz CT molecular complexity index is 988. The van der Waals surface area contributed by atoms with Crippen LogP contribution in [0.15, 0.2) is 29.3 Å². The quantitative estimate of drug-likeness (QED) is 0.403. The Morgan fingerprint density at radius 2 is 1.86 bits per heavy atom. The number of carbonyl (C=O) groups excluding carboxylic acids is 2. The topological polar surface area (TPSA) is 151 Å². The number of hydrogen-bond donors (Lipinski definition) is 4. The first-order valence-corrected chi connectivity index (χ1v) is 9.30. The van der Waals surface area contributed by atoms with Crippen LogP contribution >= 0.6 is 11.3 Å². The van der Waals surface area contributed by atoms with Crippen molar-refractivity contribution < 1.29 is 19.5 Å². The van der Waals surface area contributed by atoms with E-state index in [4.69, 9.17) is 16.2 Å². The zero-order valence-corrected chi connectivity index (χ0v) is 16.3. The minimum Gasteiger partial charge on any atom is -0.481 e. The lowest BCUT2D eigenvalue weighted by molar-refractivity contribution is -0.136. The van der Waals surface area contributed by atoms with E-state index in [-0.39, 0.29) is 18.8 Å². The van der Waals surface area contributed by atoms with Crippen LogP contribution in [0.1, 0.15) is 44.6 Å². The number of thiazole rings is 1. The molecule has 0 saturated carbocycles. The van der Waals surface area contributed by atoms with Crippen LogP contribution in [-0.2, 0) is 11.3 Å². The van der Waals surface area contributed by atoms with E-state index < -0.39 is 17.8 Å². The second-order valence-corrected chi connectivity index (χ2v) is 6.83. The zero-order valence-electron chi connectivity index (χ0n) is 15.5. The van der Waals surface area contributed by atoms with Gasteiger partial charge in [-0.25, -0.2) is 0 Å². The molecule has 28 heavy (non-hydrogen) atoms. The van der Waals surface area contributed by atoms with E-state index in [1.807, 2.05) is 6.92 Å². The standard InChI is InChI=1S/C18H21N5O4S/c1-3-23-10(2)14(17(27)21-9-8-13(24)25)28-18(23)22-16(26)12-6-4-11(5-7-12)15(19)20/h4-7H,3,8-9H2,1-2H3,(H3,19,20)(H,21,27)(H,24,25). The van der Waals surface area contributed by atoms with E-state index in [1.54, 1.807) is 35.8 Å². The number of benzene rings is 1. The van der Waals surface area contributed by atoms with Gasteiger partial charge in [-0.05, 0) is 26.0 Å². The summed E-state index contributed by atoms with van der Waals surface area (Å²) >= 11 is 1.07. The Kier molecular flexibility index (Phi) is 6.83. The van der Waals surface area contributed by atoms with Gasteiger partial charge < -0.3 is 20.7 Å². The van der Waals surface area contributed by atoms with Gasteiger partial charge in [0.05, 0.1) is 6.42 Å². The summed E-state index contributed by atoms with van der Waals surface area (Å²) in [6, 6.07) is 6.22. The molecule has 0 bridgehead atoms. The van der Waals surface area contributed by atoms with Gasteiger partial charge in [0.25, 0.3) is 11.8 Å². The number of amides is 2. The molecule has 0 atom stereocenters. The number of nitrogens with zero attached hydrogens (tertiary/aromatic N) is 2. The third-order valence-electron chi connectivity index (χ3n) is 3.94. The van der Waals surface area contributed by atoms with Crippen molar-refractivity contribution in [1.29, 1.82) is 5.41 Å². The monoisotopic (exact) mass is 403 g/mol. The largest absolute Gasteiger partial charge is 0.481 e. The maximum Gasteiger partial charge on any atom is 0.305 e. The minimum atomic E-state index is -0.996. The van der Waals surface area contributed by atoms with Gasteiger partial charge in [-0.15, -0.1) is 0 Å². The Morgan fingerprint density at radius 1 is 1.25 bits per heavy atom. The minimum absolute atomic E-state index is 0.0194. The van der Waals surface area contributed by atoms with Gasteiger partial charge in [0, 0.05) is 29.9 Å². The summed E-state index contributed by atoms with van der Waals surface area (Å²) in [5.74, 6) is -1.96. The van der Waals surface area contributed by atoms with Gasteiger partial charge in [0.15, 0.2) is 4.80 Å². The summed E-state index contributed by atoms with van der Waals surface area (Å²) in [4.78, 5) is 40.3. The molecule has 9 nitrogen and oxygen atoms in total. The number of carboxylic acids is 1. The van der Waals surface area contributed by atoms with Crippen LogP contribution in [0, 0.1) is 12.3 Å². The predicted octanol–water partition coefficient (Wildman–Crippen LogP) is 1.11. The van der Waals surface area contributed by atoms with Crippen LogP contribution in [0.25, 0.3) is 0 Å². The lowest BCUT2D eigenvalue weighted by atomic mass is 10.1. The molecule has 0 fully saturated rings. The van der Waals surface area contributed by atoms with Gasteiger partial charge in [-0.3, -0.25) is 19.8 Å². The Morgan fingerprint density at radius 3 is 2.39 bits per heavy atom. The van der Waals surface area contributed by atoms with E-state index in [9.17, 15) is 14.4 Å². The molecule has 5 N–H and O–H groups in total. The van der Waals surface area contributed by atoms with E-state index >= 15 is 0 Å². The Labute approximate surface area is 165 Å². The number of rotatable bonds is 7. The summed E-state index contributed by atoms with van der Waals surface area (Å²) in [5, 5.41) is 18.6. The number of hydrogen-bond acceptors (Lipinski definition) is 5. The van der Waals surface area contributed by atoms with E-state index in [0.717, 1.165) is 11.3 Å². The second-order valence-electron chi connectivity index (χ2n) is 5.85. The Hall–Kier alpha value is -3.27. The number of carboxylic acid groups (broad SMARTS) is 1. The number of nitrogens with one attached hydrogen (secondary N) is 2. The normalized spacial score (nSPS) is 11.3. The summed E-state index contributed by atoms with van der Waals surface area (Å²) in [6.07, 6.45) is -0.171. The summed E-state index contributed by atoms with van der Waals surface area (Å²) < 4.78 is 1.75. The summed E-state index contributed by atoms with van der Waals surface area (Å²) in [7, 11) is 0. The van der Waals surface area contributed by atoms with Gasteiger partial charge in [0.1, 0.15) is 10.7 Å². The van der Waals surface area contributed by atoms with Crippen LogP contribution in [0.3, 0.4) is 0 Å². The molecule has 0 radical (unpaired) electrons. The maximum atomic E-state index is 12.5. The molecule has 10 heteroatoms. The number of nitrogens with two attached hydrogens (primary N) is 1. The fourth-order valence-electron chi connectivity index (χ4n) is 2.46. The molecule has 0 spiro atoms. The lowest BCUT2D eigenvalue weighted by Crippen LogP contribution is -2.26. The summed E-state index contributed by atoms with van der Waals surface area (Å²) in [5.41, 5.74) is 6.90. The number of aliphatic carboxylic acids is 1. The highest BCUT2D eigenvalue weighted by atomic mass is 32.1. The van der Waals surface area contributed by atoms with Gasteiger partial charge in [-0.1, -0.05) is 23.5 Å². The molecule has 2 rings (SSSR count). The van der Waals surface area contributed by atoms with E-state index in [2.05, 4.69) is 10.3 Å². The van der Waals surface area contributed by atoms with Crippen molar-refractivity contribution in [2.75, 3.05) is 6.54 Å². The van der Waals surface area contributed by atoms with E-state index in [1.165, 1.54) is 0 Å². The number of carbonyl (C=O) groups is 3.